The fraction of sp³-hybridized carbons (Fsp3) is 0.571. The number of hydrogen-bond donors (Lipinski definition) is 0. The predicted octanol–water partition coefficient (Wildman–Crippen LogP) is 0.586. The fourth-order valence-corrected chi connectivity index (χ4v) is 1.36. The smallest absolute Gasteiger partial charge is 0.253 e. The standard InChI is InChI=1S/C7H11N5/c1-5(2)6-4-12-7(11(6)3)8-9-10-12/h4-5H,1-3H3. The van der Waals surface area contributed by atoms with Crippen molar-refractivity contribution in [2.45, 2.75) is 19.8 Å². The number of aromatic nitrogens is 5. The van der Waals surface area contributed by atoms with Crippen LogP contribution in [0.5, 0.6) is 0 Å². The highest BCUT2D eigenvalue weighted by Gasteiger charge is 2.10. The average molecular weight is 165 g/mol. The summed E-state index contributed by atoms with van der Waals surface area (Å²) in [7, 11) is 1.97. The van der Waals surface area contributed by atoms with Gasteiger partial charge in [-0.25, -0.2) is 0 Å². The molecule has 64 valence electrons. The number of tetrazole rings is 1. The van der Waals surface area contributed by atoms with E-state index in [0.717, 1.165) is 5.78 Å². The second-order valence-electron chi connectivity index (χ2n) is 3.19. The molecular formula is C7H11N5. The van der Waals surface area contributed by atoms with Crippen LogP contribution >= 0.6 is 0 Å². The van der Waals surface area contributed by atoms with Crippen molar-refractivity contribution in [3.63, 3.8) is 0 Å². The quantitative estimate of drug-likeness (QED) is 0.621. The maximum atomic E-state index is 3.89. The summed E-state index contributed by atoms with van der Waals surface area (Å²) in [6.45, 7) is 4.28. The number of nitrogens with zero attached hydrogens (tertiary/aromatic N) is 5. The van der Waals surface area contributed by atoms with Crippen LogP contribution in [0.4, 0.5) is 0 Å². The van der Waals surface area contributed by atoms with E-state index in [4.69, 9.17) is 0 Å². The van der Waals surface area contributed by atoms with Crippen LogP contribution in [0.2, 0.25) is 0 Å². The van der Waals surface area contributed by atoms with Crippen molar-refractivity contribution < 1.29 is 0 Å². The van der Waals surface area contributed by atoms with Gasteiger partial charge in [0.25, 0.3) is 5.78 Å². The lowest BCUT2D eigenvalue weighted by Gasteiger charge is -2.03. The first-order valence-electron chi connectivity index (χ1n) is 3.93. The third-order valence-electron chi connectivity index (χ3n) is 2.01. The first-order valence-corrected chi connectivity index (χ1v) is 3.93. The van der Waals surface area contributed by atoms with Crippen molar-refractivity contribution in [2.24, 2.45) is 7.05 Å². The SMILES string of the molecule is CC(C)c1cn2nnnc2n1C. The molecule has 0 saturated carbocycles. The lowest BCUT2D eigenvalue weighted by molar-refractivity contribution is 0.742. The minimum atomic E-state index is 0.485. The maximum Gasteiger partial charge on any atom is 0.253 e. The zero-order valence-corrected chi connectivity index (χ0v) is 7.39. The monoisotopic (exact) mass is 165 g/mol. The second kappa shape index (κ2) is 2.30. The van der Waals surface area contributed by atoms with E-state index in [9.17, 15) is 0 Å². The Kier molecular flexibility index (Phi) is 1.39. The molecule has 0 aliphatic rings. The molecule has 12 heavy (non-hydrogen) atoms. The number of imidazole rings is 1. The molecule has 2 aromatic heterocycles. The number of aryl methyl sites for hydroxylation is 1. The molecule has 0 atom stereocenters. The summed E-state index contributed by atoms with van der Waals surface area (Å²) in [5.41, 5.74) is 1.22. The van der Waals surface area contributed by atoms with Gasteiger partial charge in [-0.15, -0.1) is 0 Å². The van der Waals surface area contributed by atoms with Gasteiger partial charge >= 0.3 is 0 Å². The molecule has 0 spiro atoms. The summed E-state index contributed by atoms with van der Waals surface area (Å²) in [4.78, 5) is 0. The van der Waals surface area contributed by atoms with Crippen LogP contribution in [-0.4, -0.2) is 24.6 Å². The molecule has 0 radical (unpaired) electrons. The third-order valence-corrected chi connectivity index (χ3v) is 2.01. The van der Waals surface area contributed by atoms with Gasteiger partial charge in [0.2, 0.25) is 0 Å². The summed E-state index contributed by atoms with van der Waals surface area (Å²) < 4.78 is 3.69. The van der Waals surface area contributed by atoms with Gasteiger partial charge < -0.3 is 4.57 Å². The zero-order valence-electron chi connectivity index (χ0n) is 7.39. The average Bonchev–Trinajstić information content (AvgIpc) is 2.53. The molecular weight excluding hydrogens is 154 g/mol. The Morgan fingerprint density at radius 2 is 2.17 bits per heavy atom. The molecule has 0 fully saturated rings. The topological polar surface area (TPSA) is 48.0 Å². The third kappa shape index (κ3) is 0.823. The Morgan fingerprint density at radius 3 is 2.75 bits per heavy atom. The molecule has 0 saturated heterocycles. The Hall–Kier alpha value is -1.39. The summed E-state index contributed by atoms with van der Waals surface area (Å²) in [5, 5.41) is 11.3. The molecule has 5 nitrogen and oxygen atoms in total. The van der Waals surface area contributed by atoms with E-state index >= 15 is 0 Å². The minimum Gasteiger partial charge on any atom is -0.314 e. The number of rotatable bonds is 1. The second-order valence-corrected chi connectivity index (χ2v) is 3.19. The van der Waals surface area contributed by atoms with Gasteiger partial charge in [0.1, 0.15) is 0 Å². The van der Waals surface area contributed by atoms with Gasteiger partial charge in [0.15, 0.2) is 0 Å². The van der Waals surface area contributed by atoms with E-state index in [1.54, 1.807) is 4.52 Å². The number of fused-ring (bicyclic) bond motifs is 1. The van der Waals surface area contributed by atoms with Gasteiger partial charge in [-0.2, -0.15) is 4.52 Å². The lowest BCUT2D eigenvalue weighted by atomic mass is 10.1. The van der Waals surface area contributed by atoms with Crippen molar-refractivity contribution in [1.29, 1.82) is 0 Å². The van der Waals surface area contributed by atoms with Crippen LogP contribution in [0.25, 0.3) is 5.78 Å². The molecule has 2 rings (SSSR count). The van der Waals surface area contributed by atoms with Gasteiger partial charge in [-0.05, 0) is 16.3 Å². The highest BCUT2D eigenvalue weighted by atomic mass is 15.5. The summed E-state index contributed by atoms with van der Waals surface area (Å²) in [5.74, 6) is 1.28. The normalized spacial score (nSPS) is 11.7. The lowest BCUT2D eigenvalue weighted by Crippen LogP contribution is -1.98. The van der Waals surface area contributed by atoms with Crippen molar-refractivity contribution in [3.05, 3.63) is 11.9 Å². The van der Waals surface area contributed by atoms with Crippen LogP contribution in [0.15, 0.2) is 6.20 Å². The minimum absolute atomic E-state index is 0.485. The maximum absolute atomic E-state index is 3.89. The summed E-state index contributed by atoms with van der Waals surface area (Å²) in [6, 6.07) is 0. The van der Waals surface area contributed by atoms with E-state index < -0.39 is 0 Å². The fourth-order valence-electron chi connectivity index (χ4n) is 1.36. The van der Waals surface area contributed by atoms with Crippen molar-refractivity contribution in [2.75, 3.05) is 0 Å². The van der Waals surface area contributed by atoms with Crippen molar-refractivity contribution in [1.82, 2.24) is 24.6 Å². The largest absolute Gasteiger partial charge is 0.314 e. The van der Waals surface area contributed by atoms with Gasteiger partial charge in [-0.3, -0.25) is 0 Å². The van der Waals surface area contributed by atoms with Crippen molar-refractivity contribution in [3.8, 4) is 0 Å². The van der Waals surface area contributed by atoms with E-state index in [1.165, 1.54) is 5.69 Å². The molecule has 0 aromatic carbocycles. The first-order chi connectivity index (χ1) is 5.70. The Labute approximate surface area is 70.0 Å². The molecule has 5 heteroatoms. The first kappa shape index (κ1) is 7.27. The highest BCUT2D eigenvalue weighted by Crippen LogP contribution is 2.15. The Morgan fingerprint density at radius 1 is 1.42 bits per heavy atom. The molecule has 0 bridgehead atoms. The van der Waals surface area contributed by atoms with Gasteiger partial charge in [0, 0.05) is 12.7 Å². The van der Waals surface area contributed by atoms with Crippen LogP contribution in [0.1, 0.15) is 25.5 Å². The summed E-state index contributed by atoms with van der Waals surface area (Å²) >= 11 is 0. The predicted molar refractivity (Wildman–Crippen MR) is 43.8 cm³/mol. The molecule has 0 aliphatic carbocycles. The molecule has 0 unspecified atom stereocenters. The van der Waals surface area contributed by atoms with E-state index in [1.807, 2.05) is 17.8 Å². The van der Waals surface area contributed by atoms with Crippen molar-refractivity contribution >= 4 is 5.78 Å². The molecule has 2 aromatic rings. The summed E-state index contributed by atoms with van der Waals surface area (Å²) in [6.07, 6.45) is 1.96. The molecule has 0 N–H and O–H groups in total. The van der Waals surface area contributed by atoms with Crippen LogP contribution in [0, 0.1) is 0 Å². The van der Waals surface area contributed by atoms with Gasteiger partial charge in [-0.1, -0.05) is 18.9 Å². The van der Waals surface area contributed by atoms with Crippen LogP contribution in [0.3, 0.4) is 0 Å². The number of hydrogen-bond acceptors (Lipinski definition) is 3. The van der Waals surface area contributed by atoms with Gasteiger partial charge in [0.05, 0.1) is 6.20 Å². The van der Waals surface area contributed by atoms with E-state index in [2.05, 4.69) is 29.4 Å². The zero-order chi connectivity index (χ0) is 8.72. The van der Waals surface area contributed by atoms with E-state index in [0.29, 0.717) is 5.92 Å². The molecule has 0 aliphatic heterocycles. The highest BCUT2D eigenvalue weighted by molar-refractivity contribution is 5.30. The van der Waals surface area contributed by atoms with Crippen LogP contribution in [-0.2, 0) is 7.05 Å². The molecule has 0 amide bonds. The van der Waals surface area contributed by atoms with Crippen LogP contribution < -0.4 is 0 Å². The van der Waals surface area contributed by atoms with E-state index in [-0.39, 0.29) is 0 Å². The molecule has 2 heterocycles. The Balaban J connectivity index is 2.70. The Bertz CT molecular complexity index is 397.